The first-order chi connectivity index (χ1) is 10.8. The van der Waals surface area contributed by atoms with Crippen molar-refractivity contribution in [2.24, 2.45) is 0 Å². The van der Waals surface area contributed by atoms with Gasteiger partial charge in [0.15, 0.2) is 0 Å². The van der Waals surface area contributed by atoms with Crippen molar-refractivity contribution >= 4 is 5.82 Å². The van der Waals surface area contributed by atoms with Crippen molar-refractivity contribution in [1.29, 1.82) is 5.26 Å². The number of fused-ring (bicyclic) bond motifs is 1. The third kappa shape index (κ3) is 3.10. The Morgan fingerprint density at radius 2 is 2.41 bits per heavy atom. The molecule has 0 unspecified atom stereocenters. The summed E-state index contributed by atoms with van der Waals surface area (Å²) < 4.78 is 7.07. The SMILES string of the molecule is COCCn1cc2c(n1)[C@H](Nc1ccc(C#N)cn1)CCC2. The summed E-state index contributed by atoms with van der Waals surface area (Å²) in [5.41, 5.74) is 2.97. The fraction of sp³-hybridized carbons (Fsp3) is 0.438. The largest absolute Gasteiger partial charge is 0.383 e. The Kier molecular flexibility index (Phi) is 4.35. The molecule has 22 heavy (non-hydrogen) atoms. The van der Waals surface area contributed by atoms with Crippen molar-refractivity contribution < 1.29 is 4.74 Å². The summed E-state index contributed by atoms with van der Waals surface area (Å²) in [7, 11) is 1.70. The zero-order valence-electron chi connectivity index (χ0n) is 12.6. The van der Waals surface area contributed by atoms with Gasteiger partial charge in [-0.1, -0.05) is 0 Å². The summed E-state index contributed by atoms with van der Waals surface area (Å²) in [6.07, 6.45) is 6.95. The lowest BCUT2D eigenvalue weighted by Crippen LogP contribution is -2.18. The Hall–Kier alpha value is -2.39. The normalized spacial score (nSPS) is 16.8. The predicted molar refractivity (Wildman–Crippen MR) is 82.4 cm³/mol. The van der Waals surface area contributed by atoms with E-state index in [0.717, 1.165) is 37.3 Å². The van der Waals surface area contributed by atoms with Crippen LogP contribution in [0.25, 0.3) is 0 Å². The van der Waals surface area contributed by atoms with E-state index in [1.807, 2.05) is 10.7 Å². The molecule has 0 bridgehead atoms. The molecule has 0 saturated heterocycles. The van der Waals surface area contributed by atoms with E-state index in [-0.39, 0.29) is 6.04 Å². The quantitative estimate of drug-likeness (QED) is 0.916. The van der Waals surface area contributed by atoms with Crippen LogP contribution in [0, 0.1) is 11.3 Å². The van der Waals surface area contributed by atoms with Gasteiger partial charge in [-0.3, -0.25) is 4.68 Å². The molecule has 0 amide bonds. The van der Waals surface area contributed by atoms with Crippen molar-refractivity contribution in [2.45, 2.75) is 31.8 Å². The summed E-state index contributed by atoms with van der Waals surface area (Å²) >= 11 is 0. The van der Waals surface area contributed by atoms with Crippen LogP contribution in [-0.2, 0) is 17.7 Å². The maximum absolute atomic E-state index is 8.82. The molecule has 0 aromatic carbocycles. The molecule has 0 fully saturated rings. The van der Waals surface area contributed by atoms with Crippen molar-refractivity contribution in [3.63, 3.8) is 0 Å². The van der Waals surface area contributed by atoms with Crippen molar-refractivity contribution in [1.82, 2.24) is 14.8 Å². The maximum atomic E-state index is 8.82. The van der Waals surface area contributed by atoms with E-state index in [4.69, 9.17) is 15.1 Å². The number of pyridine rings is 1. The van der Waals surface area contributed by atoms with Gasteiger partial charge in [-0.05, 0) is 37.0 Å². The van der Waals surface area contributed by atoms with Gasteiger partial charge in [-0.25, -0.2) is 4.98 Å². The number of aromatic nitrogens is 3. The van der Waals surface area contributed by atoms with Crippen LogP contribution in [-0.4, -0.2) is 28.5 Å². The van der Waals surface area contributed by atoms with Gasteiger partial charge in [0.25, 0.3) is 0 Å². The van der Waals surface area contributed by atoms with Gasteiger partial charge >= 0.3 is 0 Å². The zero-order valence-corrected chi connectivity index (χ0v) is 12.6. The fourth-order valence-corrected chi connectivity index (χ4v) is 2.76. The van der Waals surface area contributed by atoms with E-state index in [0.29, 0.717) is 12.2 Å². The summed E-state index contributed by atoms with van der Waals surface area (Å²) in [6.45, 7) is 1.43. The highest BCUT2D eigenvalue weighted by Crippen LogP contribution is 2.31. The van der Waals surface area contributed by atoms with E-state index >= 15 is 0 Å². The molecular weight excluding hydrogens is 278 g/mol. The Morgan fingerprint density at radius 3 is 3.14 bits per heavy atom. The van der Waals surface area contributed by atoms with Crippen molar-refractivity contribution in [2.75, 3.05) is 19.0 Å². The third-order valence-corrected chi connectivity index (χ3v) is 3.88. The number of nitrogens with zero attached hydrogens (tertiary/aromatic N) is 4. The Labute approximate surface area is 129 Å². The minimum atomic E-state index is 0.174. The highest BCUT2D eigenvalue weighted by molar-refractivity contribution is 5.42. The molecule has 0 radical (unpaired) electrons. The molecule has 2 aromatic heterocycles. The molecule has 1 atom stereocenters. The Balaban J connectivity index is 1.75. The van der Waals surface area contributed by atoms with Crippen molar-refractivity contribution in [3.8, 4) is 6.07 Å². The van der Waals surface area contributed by atoms with Crippen LogP contribution in [0.5, 0.6) is 0 Å². The van der Waals surface area contributed by atoms with Crippen LogP contribution in [0.3, 0.4) is 0 Å². The topological polar surface area (TPSA) is 75.8 Å². The zero-order chi connectivity index (χ0) is 15.4. The number of anilines is 1. The second-order valence-electron chi connectivity index (χ2n) is 5.43. The number of ether oxygens (including phenoxy) is 1. The number of methoxy groups -OCH3 is 1. The van der Waals surface area contributed by atoms with Crippen LogP contribution in [0.15, 0.2) is 24.5 Å². The van der Waals surface area contributed by atoms with Crippen LogP contribution in [0.1, 0.15) is 35.7 Å². The van der Waals surface area contributed by atoms with Crippen LogP contribution >= 0.6 is 0 Å². The molecule has 2 heterocycles. The van der Waals surface area contributed by atoms with E-state index in [1.54, 1.807) is 19.4 Å². The molecule has 1 N–H and O–H groups in total. The van der Waals surface area contributed by atoms with Gasteiger partial charge in [0.05, 0.1) is 30.5 Å². The minimum Gasteiger partial charge on any atom is -0.383 e. The smallest absolute Gasteiger partial charge is 0.126 e. The second kappa shape index (κ2) is 6.58. The van der Waals surface area contributed by atoms with Gasteiger partial charge in [-0.2, -0.15) is 10.4 Å². The first kappa shape index (κ1) is 14.5. The third-order valence-electron chi connectivity index (χ3n) is 3.88. The number of aryl methyl sites for hydroxylation is 1. The summed E-state index contributed by atoms with van der Waals surface area (Å²) in [5.74, 6) is 0.781. The highest BCUT2D eigenvalue weighted by atomic mass is 16.5. The summed E-state index contributed by atoms with van der Waals surface area (Å²) in [6, 6.07) is 5.87. The molecule has 2 aromatic rings. The molecule has 6 heteroatoms. The minimum absolute atomic E-state index is 0.174. The van der Waals surface area contributed by atoms with Crippen LogP contribution in [0.4, 0.5) is 5.82 Å². The molecule has 6 nitrogen and oxygen atoms in total. The average Bonchev–Trinajstić information content (AvgIpc) is 2.98. The number of hydrogen-bond acceptors (Lipinski definition) is 5. The lowest BCUT2D eigenvalue weighted by atomic mass is 9.94. The fourth-order valence-electron chi connectivity index (χ4n) is 2.76. The molecule has 114 valence electrons. The number of hydrogen-bond donors (Lipinski definition) is 1. The van der Waals surface area contributed by atoms with Crippen LogP contribution in [0.2, 0.25) is 0 Å². The molecule has 1 aliphatic carbocycles. The molecule has 0 spiro atoms. The van der Waals surface area contributed by atoms with Gasteiger partial charge in [-0.15, -0.1) is 0 Å². The second-order valence-corrected chi connectivity index (χ2v) is 5.43. The lowest BCUT2D eigenvalue weighted by Gasteiger charge is -2.22. The van der Waals surface area contributed by atoms with Gasteiger partial charge in [0.1, 0.15) is 11.9 Å². The average molecular weight is 297 g/mol. The Bertz CT molecular complexity index is 671. The van der Waals surface area contributed by atoms with Crippen molar-refractivity contribution in [3.05, 3.63) is 41.3 Å². The highest BCUT2D eigenvalue weighted by Gasteiger charge is 2.24. The maximum Gasteiger partial charge on any atom is 0.126 e. The molecule has 3 rings (SSSR count). The number of nitrogens with one attached hydrogen (secondary N) is 1. The number of rotatable bonds is 5. The Morgan fingerprint density at radius 1 is 1.50 bits per heavy atom. The first-order valence-corrected chi connectivity index (χ1v) is 7.48. The molecule has 0 saturated carbocycles. The standard InChI is InChI=1S/C16H19N5O/c1-22-8-7-21-11-13-3-2-4-14(16(13)20-21)19-15-6-5-12(9-17)10-18-15/h5-6,10-11,14H,2-4,7-8H2,1H3,(H,18,19)/t14-/m1/s1. The van der Waals surface area contributed by atoms with E-state index in [1.165, 1.54) is 5.56 Å². The van der Waals surface area contributed by atoms with E-state index < -0.39 is 0 Å². The van der Waals surface area contributed by atoms with E-state index in [2.05, 4.69) is 22.6 Å². The number of nitriles is 1. The predicted octanol–water partition coefficient (Wildman–Crippen LogP) is 2.29. The van der Waals surface area contributed by atoms with Crippen LogP contribution < -0.4 is 5.32 Å². The first-order valence-electron chi connectivity index (χ1n) is 7.48. The molecule has 1 aliphatic rings. The summed E-state index contributed by atoms with van der Waals surface area (Å²) in [4.78, 5) is 4.28. The molecular formula is C16H19N5O. The van der Waals surface area contributed by atoms with E-state index in [9.17, 15) is 0 Å². The monoisotopic (exact) mass is 297 g/mol. The van der Waals surface area contributed by atoms with Gasteiger partial charge in [0.2, 0.25) is 0 Å². The molecule has 0 aliphatic heterocycles. The lowest BCUT2D eigenvalue weighted by molar-refractivity contribution is 0.183. The summed E-state index contributed by atoms with van der Waals surface area (Å²) in [5, 5.41) is 16.9. The van der Waals surface area contributed by atoms with Gasteiger partial charge in [0, 0.05) is 19.5 Å². The van der Waals surface area contributed by atoms with Gasteiger partial charge < -0.3 is 10.1 Å².